The van der Waals surface area contributed by atoms with Gasteiger partial charge in [-0.3, -0.25) is 0 Å². The standard InChI is InChI=1S/C16H17FN4O3S/c1-9-14(16-20-11(3)21-24-16)15(10(2)19-9)25(22,23)18-8-12-4-6-13(17)7-5-12/h4-7,18-19H,8H2,1-3H3. The smallest absolute Gasteiger partial charge is 0.261 e. The molecular formula is C16H17FN4O3S. The van der Waals surface area contributed by atoms with Crippen molar-refractivity contribution >= 4 is 10.0 Å². The Morgan fingerprint density at radius 3 is 2.44 bits per heavy atom. The number of nitrogens with one attached hydrogen (secondary N) is 2. The lowest BCUT2D eigenvalue weighted by molar-refractivity contribution is 0.424. The third-order valence-corrected chi connectivity index (χ3v) is 5.28. The highest BCUT2D eigenvalue weighted by molar-refractivity contribution is 7.89. The number of hydrogen-bond donors (Lipinski definition) is 2. The summed E-state index contributed by atoms with van der Waals surface area (Å²) in [6.07, 6.45) is 0. The van der Waals surface area contributed by atoms with Gasteiger partial charge in [-0.15, -0.1) is 0 Å². The van der Waals surface area contributed by atoms with Gasteiger partial charge in [0.25, 0.3) is 5.89 Å². The zero-order chi connectivity index (χ0) is 18.2. The third kappa shape index (κ3) is 3.47. The van der Waals surface area contributed by atoms with Crippen LogP contribution in [0, 0.1) is 26.6 Å². The summed E-state index contributed by atoms with van der Waals surface area (Å²) in [4.78, 5) is 7.19. The molecule has 132 valence electrons. The Bertz CT molecular complexity index is 1010. The minimum Gasteiger partial charge on any atom is -0.361 e. The molecule has 0 aliphatic carbocycles. The summed E-state index contributed by atoms with van der Waals surface area (Å²) in [5.41, 5.74) is 2.08. The van der Waals surface area contributed by atoms with E-state index < -0.39 is 10.0 Å². The van der Waals surface area contributed by atoms with Crippen LogP contribution in [0.2, 0.25) is 0 Å². The summed E-state index contributed by atoms with van der Waals surface area (Å²) in [5.74, 6) is 0.176. The van der Waals surface area contributed by atoms with Crippen LogP contribution in [0.25, 0.3) is 11.5 Å². The number of aromatic nitrogens is 3. The van der Waals surface area contributed by atoms with Gasteiger partial charge in [-0.2, -0.15) is 4.98 Å². The maximum absolute atomic E-state index is 13.0. The average Bonchev–Trinajstić information content (AvgIpc) is 3.09. The van der Waals surface area contributed by atoms with Crippen molar-refractivity contribution in [3.05, 3.63) is 52.9 Å². The summed E-state index contributed by atoms with van der Waals surface area (Å²) < 4.78 is 46.2. The fourth-order valence-electron chi connectivity index (χ4n) is 2.60. The van der Waals surface area contributed by atoms with Gasteiger partial charge in [0.1, 0.15) is 10.7 Å². The van der Waals surface area contributed by atoms with Gasteiger partial charge in [-0.1, -0.05) is 17.3 Å². The summed E-state index contributed by atoms with van der Waals surface area (Å²) in [7, 11) is -3.85. The average molecular weight is 364 g/mol. The first-order chi connectivity index (χ1) is 11.8. The molecule has 25 heavy (non-hydrogen) atoms. The van der Waals surface area contributed by atoms with Crippen molar-refractivity contribution in [3.8, 4) is 11.5 Å². The number of aromatic amines is 1. The Hall–Kier alpha value is -2.52. The molecule has 0 bridgehead atoms. The molecule has 3 rings (SSSR count). The molecule has 2 N–H and O–H groups in total. The molecule has 0 atom stereocenters. The molecule has 0 spiro atoms. The van der Waals surface area contributed by atoms with Crippen LogP contribution in [0.1, 0.15) is 22.8 Å². The lowest BCUT2D eigenvalue weighted by atomic mass is 10.2. The summed E-state index contributed by atoms with van der Waals surface area (Å²) in [5, 5.41) is 3.72. The number of aryl methyl sites for hydroxylation is 3. The van der Waals surface area contributed by atoms with E-state index in [0.717, 1.165) is 0 Å². The van der Waals surface area contributed by atoms with Gasteiger partial charge < -0.3 is 9.51 Å². The van der Waals surface area contributed by atoms with E-state index in [1.165, 1.54) is 24.3 Å². The lowest BCUT2D eigenvalue weighted by Crippen LogP contribution is -2.24. The van der Waals surface area contributed by atoms with Crippen LogP contribution in [0.5, 0.6) is 0 Å². The number of H-pyrrole nitrogens is 1. The summed E-state index contributed by atoms with van der Waals surface area (Å²) in [6.45, 7) is 5.09. The van der Waals surface area contributed by atoms with E-state index >= 15 is 0 Å². The van der Waals surface area contributed by atoms with E-state index in [0.29, 0.717) is 28.3 Å². The molecule has 0 aliphatic heterocycles. The summed E-state index contributed by atoms with van der Waals surface area (Å²) >= 11 is 0. The number of rotatable bonds is 5. The van der Waals surface area contributed by atoms with Crippen molar-refractivity contribution in [2.45, 2.75) is 32.2 Å². The van der Waals surface area contributed by atoms with Gasteiger partial charge in [0.15, 0.2) is 5.82 Å². The molecule has 1 aromatic carbocycles. The monoisotopic (exact) mass is 364 g/mol. The van der Waals surface area contributed by atoms with Crippen molar-refractivity contribution in [2.24, 2.45) is 0 Å². The van der Waals surface area contributed by atoms with Crippen LogP contribution in [-0.2, 0) is 16.6 Å². The Kier molecular flexibility index (Phi) is 4.44. The normalized spacial score (nSPS) is 11.8. The summed E-state index contributed by atoms with van der Waals surface area (Å²) in [6, 6.07) is 5.61. The zero-order valence-electron chi connectivity index (χ0n) is 13.9. The van der Waals surface area contributed by atoms with Crippen molar-refractivity contribution < 1.29 is 17.3 Å². The van der Waals surface area contributed by atoms with E-state index in [4.69, 9.17) is 4.52 Å². The second-order valence-electron chi connectivity index (χ2n) is 5.68. The van der Waals surface area contributed by atoms with Gasteiger partial charge in [0, 0.05) is 17.9 Å². The number of hydrogen-bond acceptors (Lipinski definition) is 5. The van der Waals surface area contributed by atoms with Crippen LogP contribution < -0.4 is 4.72 Å². The Labute approximate surface area is 144 Å². The molecule has 3 aromatic rings. The van der Waals surface area contributed by atoms with E-state index in [1.54, 1.807) is 20.8 Å². The molecule has 0 unspecified atom stereocenters. The van der Waals surface area contributed by atoms with Crippen molar-refractivity contribution in [2.75, 3.05) is 0 Å². The zero-order valence-corrected chi connectivity index (χ0v) is 14.7. The van der Waals surface area contributed by atoms with E-state index in [1.807, 2.05) is 0 Å². The fraction of sp³-hybridized carbons (Fsp3) is 0.250. The minimum atomic E-state index is -3.85. The van der Waals surface area contributed by atoms with Gasteiger partial charge >= 0.3 is 0 Å². The molecular weight excluding hydrogens is 347 g/mol. The van der Waals surface area contributed by atoms with Crippen molar-refractivity contribution in [1.29, 1.82) is 0 Å². The molecule has 0 saturated carbocycles. The number of nitrogens with zero attached hydrogens (tertiary/aromatic N) is 2. The van der Waals surface area contributed by atoms with Crippen molar-refractivity contribution in [3.63, 3.8) is 0 Å². The maximum Gasteiger partial charge on any atom is 0.261 e. The van der Waals surface area contributed by atoms with Crippen LogP contribution in [0.3, 0.4) is 0 Å². The highest BCUT2D eigenvalue weighted by Gasteiger charge is 2.28. The molecule has 7 nitrogen and oxygen atoms in total. The first-order valence-corrected chi connectivity index (χ1v) is 9.00. The predicted molar refractivity (Wildman–Crippen MR) is 88.7 cm³/mol. The van der Waals surface area contributed by atoms with Gasteiger partial charge in [0.2, 0.25) is 10.0 Å². The van der Waals surface area contributed by atoms with E-state index in [-0.39, 0.29) is 23.1 Å². The predicted octanol–water partition coefficient (Wildman–Crippen LogP) is 2.61. The topological polar surface area (TPSA) is 101 Å². The number of benzene rings is 1. The second kappa shape index (κ2) is 6.41. The molecule has 2 heterocycles. The Balaban J connectivity index is 1.95. The maximum atomic E-state index is 13.0. The first kappa shape index (κ1) is 17.3. The second-order valence-corrected chi connectivity index (χ2v) is 7.38. The van der Waals surface area contributed by atoms with E-state index in [2.05, 4.69) is 19.8 Å². The van der Waals surface area contributed by atoms with Crippen LogP contribution in [0.4, 0.5) is 4.39 Å². The Morgan fingerprint density at radius 2 is 1.84 bits per heavy atom. The molecule has 0 aliphatic rings. The Morgan fingerprint density at radius 1 is 1.16 bits per heavy atom. The highest BCUT2D eigenvalue weighted by Crippen LogP contribution is 2.32. The van der Waals surface area contributed by atoms with Crippen molar-refractivity contribution in [1.82, 2.24) is 19.8 Å². The lowest BCUT2D eigenvalue weighted by Gasteiger charge is -2.08. The SMILES string of the molecule is Cc1noc(-c2c(C)[nH]c(C)c2S(=O)(=O)NCc2ccc(F)cc2)n1. The minimum absolute atomic E-state index is 0.0363. The van der Waals surface area contributed by atoms with Gasteiger partial charge in [-0.05, 0) is 38.5 Å². The molecule has 0 amide bonds. The van der Waals surface area contributed by atoms with E-state index in [9.17, 15) is 12.8 Å². The quantitative estimate of drug-likeness (QED) is 0.725. The highest BCUT2D eigenvalue weighted by atomic mass is 32.2. The van der Waals surface area contributed by atoms with Crippen LogP contribution in [-0.4, -0.2) is 23.5 Å². The molecule has 0 radical (unpaired) electrons. The largest absolute Gasteiger partial charge is 0.361 e. The molecule has 0 fully saturated rings. The number of sulfonamides is 1. The van der Waals surface area contributed by atoms with Gasteiger partial charge in [0.05, 0.1) is 5.56 Å². The van der Waals surface area contributed by atoms with Gasteiger partial charge in [-0.25, -0.2) is 17.5 Å². The first-order valence-electron chi connectivity index (χ1n) is 7.52. The van der Waals surface area contributed by atoms with Crippen LogP contribution in [0.15, 0.2) is 33.7 Å². The third-order valence-electron chi connectivity index (χ3n) is 3.71. The van der Waals surface area contributed by atoms with Crippen LogP contribution >= 0.6 is 0 Å². The number of halogens is 1. The molecule has 2 aromatic heterocycles. The fourth-order valence-corrected chi connectivity index (χ4v) is 4.07. The molecule has 9 heteroatoms. The molecule has 0 saturated heterocycles.